The van der Waals surface area contributed by atoms with Gasteiger partial charge in [0.1, 0.15) is 12.4 Å². The molecule has 2 N–H and O–H groups in total. The van der Waals surface area contributed by atoms with Crippen molar-refractivity contribution in [1.29, 1.82) is 0 Å². The van der Waals surface area contributed by atoms with Crippen molar-refractivity contribution >= 4 is 11.9 Å². The summed E-state index contributed by atoms with van der Waals surface area (Å²) >= 11 is 0. The smallest absolute Gasteiger partial charge is 0.311 e. The molecule has 0 unspecified atom stereocenters. The molecule has 0 bridgehead atoms. The molecular formula is C14H19NO4. The van der Waals surface area contributed by atoms with Crippen LogP contribution >= 0.6 is 0 Å². The van der Waals surface area contributed by atoms with E-state index in [-0.39, 0.29) is 19.2 Å². The Balaban J connectivity index is 2.57. The van der Waals surface area contributed by atoms with Crippen LogP contribution in [-0.2, 0) is 20.9 Å². The van der Waals surface area contributed by atoms with Crippen LogP contribution in [0.2, 0.25) is 0 Å². The van der Waals surface area contributed by atoms with E-state index in [1.807, 2.05) is 6.07 Å². The fourth-order valence-corrected chi connectivity index (χ4v) is 1.24. The summed E-state index contributed by atoms with van der Waals surface area (Å²) in [5.41, 5.74) is 5.25. The van der Waals surface area contributed by atoms with Crippen molar-refractivity contribution in [2.75, 3.05) is 6.61 Å². The molecule has 1 aromatic rings. The number of ether oxygens (including phenoxy) is 2. The number of benzene rings is 1. The molecule has 0 aliphatic rings. The number of carbonyl (C=O) groups is 2. The summed E-state index contributed by atoms with van der Waals surface area (Å²) in [6.07, 6.45) is 0. The summed E-state index contributed by atoms with van der Waals surface area (Å²) in [7, 11) is 0. The molecular weight excluding hydrogens is 246 g/mol. The molecule has 0 radical (unpaired) electrons. The SMILES string of the molecule is CC(C)(C)C(=O)OCc1cccc(OCC(N)=O)c1. The van der Waals surface area contributed by atoms with Crippen LogP contribution in [0.3, 0.4) is 0 Å². The molecule has 0 fully saturated rings. The van der Waals surface area contributed by atoms with Gasteiger partial charge in [-0.2, -0.15) is 0 Å². The third kappa shape index (κ3) is 5.42. The molecule has 1 aromatic carbocycles. The summed E-state index contributed by atoms with van der Waals surface area (Å²) in [5.74, 6) is -0.288. The van der Waals surface area contributed by atoms with Crippen LogP contribution in [-0.4, -0.2) is 18.5 Å². The van der Waals surface area contributed by atoms with E-state index in [4.69, 9.17) is 15.2 Å². The lowest BCUT2D eigenvalue weighted by Gasteiger charge is -2.16. The van der Waals surface area contributed by atoms with E-state index in [0.29, 0.717) is 5.75 Å². The number of hydrogen-bond acceptors (Lipinski definition) is 4. The zero-order valence-electron chi connectivity index (χ0n) is 11.4. The average molecular weight is 265 g/mol. The minimum Gasteiger partial charge on any atom is -0.484 e. The molecule has 0 saturated carbocycles. The van der Waals surface area contributed by atoms with Crippen LogP contribution in [0.4, 0.5) is 0 Å². The number of hydrogen-bond donors (Lipinski definition) is 1. The Kier molecular flexibility index (Phi) is 4.92. The van der Waals surface area contributed by atoms with E-state index >= 15 is 0 Å². The first-order chi connectivity index (χ1) is 8.79. The van der Waals surface area contributed by atoms with Crippen LogP contribution in [0, 0.1) is 5.41 Å². The van der Waals surface area contributed by atoms with Gasteiger partial charge in [0.05, 0.1) is 5.41 Å². The Morgan fingerprint density at radius 1 is 1.26 bits per heavy atom. The number of carbonyl (C=O) groups excluding carboxylic acids is 2. The molecule has 1 rings (SSSR count). The second-order valence-corrected chi connectivity index (χ2v) is 5.23. The largest absolute Gasteiger partial charge is 0.484 e. The molecule has 0 aliphatic heterocycles. The molecule has 0 saturated heterocycles. The lowest BCUT2D eigenvalue weighted by Crippen LogP contribution is -2.22. The topological polar surface area (TPSA) is 78.6 Å². The number of esters is 1. The molecule has 0 spiro atoms. The van der Waals surface area contributed by atoms with Crippen molar-refractivity contribution < 1.29 is 19.1 Å². The third-order valence-electron chi connectivity index (χ3n) is 2.26. The van der Waals surface area contributed by atoms with Gasteiger partial charge < -0.3 is 15.2 Å². The molecule has 0 aromatic heterocycles. The second kappa shape index (κ2) is 6.22. The molecule has 19 heavy (non-hydrogen) atoms. The number of primary amides is 1. The van der Waals surface area contributed by atoms with Crippen LogP contribution < -0.4 is 10.5 Å². The van der Waals surface area contributed by atoms with Crippen molar-refractivity contribution in [2.24, 2.45) is 11.1 Å². The van der Waals surface area contributed by atoms with E-state index in [0.717, 1.165) is 5.56 Å². The fourth-order valence-electron chi connectivity index (χ4n) is 1.24. The van der Waals surface area contributed by atoms with E-state index in [1.165, 1.54) is 0 Å². The van der Waals surface area contributed by atoms with Crippen molar-refractivity contribution in [3.63, 3.8) is 0 Å². The number of nitrogens with two attached hydrogens (primary N) is 1. The lowest BCUT2D eigenvalue weighted by molar-refractivity contribution is -0.154. The monoisotopic (exact) mass is 265 g/mol. The fraction of sp³-hybridized carbons (Fsp3) is 0.429. The Labute approximate surface area is 112 Å². The van der Waals surface area contributed by atoms with Gasteiger partial charge in [0, 0.05) is 0 Å². The quantitative estimate of drug-likeness (QED) is 0.821. The Bertz CT molecular complexity index is 463. The van der Waals surface area contributed by atoms with E-state index < -0.39 is 11.3 Å². The number of amides is 1. The summed E-state index contributed by atoms with van der Waals surface area (Å²) in [4.78, 5) is 22.2. The molecule has 104 valence electrons. The highest BCUT2D eigenvalue weighted by Crippen LogP contribution is 2.18. The maximum Gasteiger partial charge on any atom is 0.311 e. The van der Waals surface area contributed by atoms with Gasteiger partial charge in [-0.15, -0.1) is 0 Å². The highest BCUT2D eigenvalue weighted by molar-refractivity contribution is 5.75. The van der Waals surface area contributed by atoms with E-state index in [2.05, 4.69) is 0 Å². The summed E-state index contributed by atoms with van der Waals surface area (Å²) < 4.78 is 10.4. The molecule has 1 amide bonds. The van der Waals surface area contributed by atoms with Gasteiger partial charge in [-0.3, -0.25) is 9.59 Å². The van der Waals surface area contributed by atoms with Crippen LogP contribution in [0.5, 0.6) is 5.75 Å². The first-order valence-electron chi connectivity index (χ1n) is 5.96. The number of rotatable bonds is 5. The van der Waals surface area contributed by atoms with Gasteiger partial charge in [-0.25, -0.2) is 0 Å². The first-order valence-corrected chi connectivity index (χ1v) is 5.96. The molecule has 0 aliphatic carbocycles. The van der Waals surface area contributed by atoms with Crippen molar-refractivity contribution in [1.82, 2.24) is 0 Å². The minimum absolute atomic E-state index is 0.171. The van der Waals surface area contributed by atoms with Gasteiger partial charge in [0.25, 0.3) is 5.91 Å². The first kappa shape index (κ1) is 15.0. The molecule has 5 nitrogen and oxygen atoms in total. The minimum atomic E-state index is -0.537. The van der Waals surface area contributed by atoms with Crippen molar-refractivity contribution in [3.8, 4) is 5.75 Å². The van der Waals surface area contributed by atoms with Gasteiger partial charge in [0.2, 0.25) is 0 Å². The van der Waals surface area contributed by atoms with Gasteiger partial charge in [0.15, 0.2) is 6.61 Å². The van der Waals surface area contributed by atoms with Gasteiger partial charge >= 0.3 is 5.97 Å². The highest BCUT2D eigenvalue weighted by atomic mass is 16.5. The maximum atomic E-state index is 11.6. The van der Waals surface area contributed by atoms with Gasteiger partial charge in [-0.05, 0) is 38.5 Å². The predicted octanol–water partition coefficient (Wildman–Crippen LogP) is 1.64. The molecule has 0 atom stereocenters. The summed E-state index contributed by atoms with van der Waals surface area (Å²) in [5, 5.41) is 0. The lowest BCUT2D eigenvalue weighted by atomic mass is 9.97. The molecule has 0 heterocycles. The zero-order valence-corrected chi connectivity index (χ0v) is 11.4. The maximum absolute atomic E-state index is 11.6. The Morgan fingerprint density at radius 3 is 2.53 bits per heavy atom. The standard InChI is InChI=1S/C14H19NO4/c1-14(2,3)13(17)19-8-10-5-4-6-11(7-10)18-9-12(15)16/h4-7H,8-9H2,1-3H3,(H2,15,16). The summed E-state index contributed by atoms with van der Waals surface area (Å²) in [6.45, 7) is 5.38. The normalized spacial score (nSPS) is 10.9. The third-order valence-corrected chi connectivity index (χ3v) is 2.26. The Morgan fingerprint density at radius 2 is 1.95 bits per heavy atom. The Hall–Kier alpha value is -2.04. The van der Waals surface area contributed by atoms with Crippen LogP contribution in [0.1, 0.15) is 26.3 Å². The predicted molar refractivity (Wildman–Crippen MR) is 70.4 cm³/mol. The van der Waals surface area contributed by atoms with Crippen LogP contribution in [0.15, 0.2) is 24.3 Å². The molecule has 5 heteroatoms. The van der Waals surface area contributed by atoms with Crippen molar-refractivity contribution in [2.45, 2.75) is 27.4 Å². The van der Waals surface area contributed by atoms with Gasteiger partial charge in [-0.1, -0.05) is 12.1 Å². The van der Waals surface area contributed by atoms with Crippen LogP contribution in [0.25, 0.3) is 0 Å². The van der Waals surface area contributed by atoms with Crippen molar-refractivity contribution in [3.05, 3.63) is 29.8 Å². The zero-order chi connectivity index (χ0) is 14.5. The highest BCUT2D eigenvalue weighted by Gasteiger charge is 2.22. The van der Waals surface area contributed by atoms with E-state index in [9.17, 15) is 9.59 Å². The average Bonchev–Trinajstić information content (AvgIpc) is 2.32. The van der Waals surface area contributed by atoms with E-state index in [1.54, 1.807) is 39.0 Å². The summed E-state index contributed by atoms with van der Waals surface area (Å²) in [6, 6.07) is 6.99. The second-order valence-electron chi connectivity index (χ2n) is 5.23.